The van der Waals surface area contributed by atoms with Crippen LogP contribution in [0.4, 0.5) is 5.69 Å². The standard InChI is InChI=1S/C22H24N4O5S/c1-14-21(15(2)31-26-14)13-23-22(28)18-6-4-17(5-7-18)12-24-32(29,30)20-10-8-19(9-11-20)25-16(3)27/h4-11,24H,12-13H2,1-3H3,(H,23,28)(H,25,27). The van der Waals surface area contributed by atoms with Crippen LogP contribution in [0.2, 0.25) is 0 Å². The van der Waals surface area contributed by atoms with Crippen LogP contribution < -0.4 is 15.4 Å². The number of rotatable bonds is 8. The first kappa shape index (κ1) is 23.2. The Morgan fingerprint density at radius 1 is 0.969 bits per heavy atom. The Hall–Kier alpha value is -3.50. The maximum atomic E-state index is 12.5. The van der Waals surface area contributed by atoms with Gasteiger partial charge in [0.2, 0.25) is 15.9 Å². The summed E-state index contributed by atoms with van der Waals surface area (Å²) < 4.78 is 32.6. The van der Waals surface area contributed by atoms with E-state index in [1.54, 1.807) is 31.2 Å². The molecule has 3 N–H and O–H groups in total. The SMILES string of the molecule is CC(=O)Nc1ccc(S(=O)(=O)NCc2ccc(C(=O)NCc3c(C)noc3C)cc2)cc1. The van der Waals surface area contributed by atoms with E-state index in [4.69, 9.17) is 4.52 Å². The van der Waals surface area contributed by atoms with Crippen molar-refractivity contribution in [1.29, 1.82) is 0 Å². The van der Waals surface area contributed by atoms with Crippen molar-refractivity contribution < 1.29 is 22.5 Å². The molecule has 168 valence electrons. The topological polar surface area (TPSA) is 130 Å². The fraction of sp³-hybridized carbons (Fsp3) is 0.227. The van der Waals surface area contributed by atoms with Gasteiger partial charge < -0.3 is 15.2 Å². The zero-order valence-electron chi connectivity index (χ0n) is 17.9. The van der Waals surface area contributed by atoms with Gasteiger partial charge in [-0.15, -0.1) is 0 Å². The third-order valence-electron chi connectivity index (χ3n) is 4.77. The summed E-state index contributed by atoms with van der Waals surface area (Å²) in [5.74, 6) is 0.172. The van der Waals surface area contributed by atoms with Crippen molar-refractivity contribution >= 4 is 27.5 Å². The first-order valence-electron chi connectivity index (χ1n) is 9.82. The zero-order valence-corrected chi connectivity index (χ0v) is 18.7. The molecule has 10 heteroatoms. The molecule has 0 saturated heterocycles. The van der Waals surface area contributed by atoms with Gasteiger partial charge >= 0.3 is 0 Å². The van der Waals surface area contributed by atoms with E-state index in [2.05, 4.69) is 20.5 Å². The zero-order chi connectivity index (χ0) is 23.3. The Labute approximate surface area is 186 Å². The molecular formula is C22H24N4O5S. The molecule has 9 nitrogen and oxygen atoms in total. The second kappa shape index (κ2) is 9.75. The van der Waals surface area contributed by atoms with Crippen LogP contribution >= 0.6 is 0 Å². The van der Waals surface area contributed by atoms with Gasteiger partial charge in [-0.2, -0.15) is 0 Å². The molecule has 0 fully saturated rings. The first-order valence-corrected chi connectivity index (χ1v) is 11.3. The fourth-order valence-corrected chi connectivity index (χ4v) is 4.00. The van der Waals surface area contributed by atoms with Crippen molar-refractivity contribution in [3.05, 3.63) is 76.7 Å². The van der Waals surface area contributed by atoms with Gasteiger partial charge in [-0.1, -0.05) is 17.3 Å². The molecule has 1 heterocycles. The molecule has 2 amide bonds. The number of sulfonamides is 1. The summed E-state index contributed by atoms with van der Waals surface area (Å²) in [4.78, 5) is 23.5. The Bertz CT molecular complexity index is 1200. The van der Waals surface area contributed by atoms with Crippen molar-refractivity contribution in [2.24, 2.45) is 0 Å². The lowest BCUT2D eigenvalue weighted by Crippen LogP contribution is -2.24. The largest absolute Gasteiger partial charge is 0.361 e. The summed E-state index contributed by atoms with van der Waals surface area (Å²) in [6.07, 6.45) is 0. The normalized spacial score (nSPS) is 11.2. The molecule has 0 saturated carbocycles. The summed E-state index contributed by atoms with van der Waals surface area (Å²) in [5, 5.41) is 9.26. The van der Waals surface area contributed by atoms with Crippen molar-refractivity contribution in [3.8, 4) is 0 Å². The number of nitrogens with one attached hydrogen (secondary N) is 3. The molecule has 0 aliphatic carbocycles. The van der Waals surface area contributed by atoms with Crippen molar-refractivity contribution in [2.45, 2.75) is 38.8 Å². The summed E-state index contributed by atoms with van der Waals surface area (Å²) in [6, 6.07) is 12.5. The number of anilines is 1. The molecule has 0 atom stereocenters. The Balaban J connectivity index is 1.56. The summed E-state index contributed by atoms with van der Waals surface area (Å²) in [7, 11) is -3.73. The van der Waals surface area contributed by atoms with Gasteiger partial charge in [0.25, 0.3) is 5.91 Å². The van der Waals surface area contributed by atoms with Crippen LogP contribution in [0.1, 0.15) is 39.9 Å². The van der Waals surface area contributed by atoms with Crippen molar-refractivity contribution in [1.82, 2.24) is 15.2 Å². The molecule has 0 aliphatic rings. The lowest BCUT2D eigenvalue weighted by molar-refractivity contribution is -0.114. The smallest absolute Gasteiger partial charge is 0.251 e. The average molecular weight is 457 g/mol. The van der Waals surface area contributed by atoms with E-state index < -0.39 is 10.0 Å². The minimum absolute atomic E-state index is 0.0662. The number of amides is 2. The van der Waals surface area contributed by atoms with Gasteiger partial charge in [-0.25, -0.2) is 13.1 Å². The molecule has 32 heavy (non-hydrogen) atoms. The lowest BCUT2D eigenvalue weighted by Gasteiger charge is -2.09. The number of hydrogen-bond donors (Lipinski definition) is 3. The minimum Gasteiger partial charge on any atom is -0.361 e. The molecule has 3 rings (SSSR count). The maximum Gasteiger partial charge on any atom is 0.251 e. The van der Waals surface area contributed by atoms with E-state index >= 15 is 0 Å². The van der Waals surface area contributed by atoms with E-state index in [9.17, 15) is 18.0 Å². The number of carbonyl (C=O) groups is 2. The van der Waals surface area contributed by atoms with Crippen LogP contribution in [0.5, 0.6) is 0 Å². The van der Waals surface area contributed by atoms with Crippen LogP contribution in [0.25, 0.3) is 0 Å². The van der Waals surface area contributed by atoms with E-state index in [0.29, 0.717) is 29.1 Å². The Morgan fingerprint density at radius 3 is 2.19 bits per heavy atom. The number of benzene rings is 2. The Kier molecular flexibility index (Phi) is 7.06. The first-order chi connectivity index (χ1) is 15.2. The predicted octanol–water partition coefficient (Wildman–Crippen LogP) is 2.66. The van der Waals surface area contributed by atoms with Crippen LogP contribution in [-0.4, -0.2) is 25.4 Å². The molecule has 0 spiro atoms. The highest BCUT2D eigenvalue weighted by molar-refractivity contribution is 7.89. The summed E-state index contributed by atoms with van der Waals surface area (Å²) >= 11 is 0. The molecule has 2 aromatic carbocycles. The number of carbonyl (C=O) groups excluding carboxylic acids is 2. The monoisotopic (exact) mass is 456 g/mol. The van der Waals surface area contributed by atoms with Gasteiger partial charge in [0, 0.05) is 36.8 Å². The van der Waals surface area contributed by atoms with Crippen LogP contribution in [0.3, 0.4) is 0 Å². The van der Waals surface area contributed by atoms with Crippen molar-refractivity contribution in [2.75, 3.05) is 5.32 Å². The highest BCUT2D eigenvalue weighted by Gasteiger charge is 2.15. The molecule has 0 aliphatic heterocycles. The van der Waals surface area contributed by atoms with E-state index in [-0.39, 0.29) is 23.3 Å². The number of hydrogen-bond acceptors (Lipinski definition) is 6. The average Bonchev–Trinajstić information content (AvgIpc) is 3.08. The minimum atomic E-state index is -3.73. The fourth-order valence-electron chi connectivity index (χ4n) is 2.98. The molecular weight excluding hydrogens is 432 g/mol. The van der Waals surface area contributed by atoms with E-state index in [0.717, 1.165) is 11.3 Å². The number of aryl methyl sites for hydroxylation is 2. The number of aromatic nitrogens is 1. The van der Waals surface area contributed by atoms with Gasteiger partial charge in [0.05, 0.1) is 10.6 Å². The van der Waals surface area contributed by atoms with Gasteiger partial charge in [-0.05, 0) is 55.8 Å². The quantitative estimate of drug-likeness (QED) is 0.478. The van der Waals surface area contributed by atoms with Gasteiger partial charge in [0.1, 0.15) is 5.76 Å². The second-order valence-corrected chi connectivity index (χ2v) is 8.98. The maximum absolute atomic E-state index is 12.5. The molecule has 0 radical (unpaired) electrons. The van der Waals surface area contributed by atoms with Crippen LogP contribution in [-0.2, 0) is 27.9 Å². The van der Waals surface area contributed by atoms with Crippen LogP contribution in [0, 0.1) is 13.8 Å². The highest BCUT2D eigenvalue weighted by Crippen LogP contribution is 2.15. The molecule has 0 bridgehead atoms. The van der Waals surface area contributed by atoms with E-state index in [1.807, 2.05) is 6.92 Å². The molecule has 0 unspecified atom stereocenters. The Morgan fingerprint density at radius 2 is 1.62 bits per heavy atom. The van der Waals surface area contributed by atoms with Crippen molar-refractivity contribution in [3.63, 3.8) is 0 Å². The molecule has 3 aromatic rings. The third-order valence-corrected chi connectivity index (χ3v) is 6.19. The summed E-state index contributed by atoms with van der Waals surface area (Å²) in [5.41, 5.74) is 3.24. The second-order valence-electron chi connectivity index (χ2n) is 7.21. The highest BCUT2D eigenvalue weighted by atomic mass is 32.2. The molecule has 1 aromatic heterocycles. The van der Waals surface area contributed by atoms with E-state index in [1.165, 1.54) is 31.2 Å². The summed E-state index contributed by atoms with van der Waals surface area (Å²) in [6.45, 7) is 5.35. The van der Waals surface area contributed by atoms with Crippen LogP contribution in [0.15, 0.2) is 57.9 Å². The number of nitrogens with zero attached hydrogens (tertiary/aromatic N) is 1. The third kappa shape index (κ3) is 5.80. The van der Waals surface area contributed by atoms with Gasteiger partial charge in [0.15, 0.2) is 0 Å². The lowest BCUT2D eigenvalue weighted by atomic mass is 10.1. The predicted molar refractivity (Wildman–Crippen MR) is 118 cm³/mol. The van der Waals surface area contributed by atoms with Gasteiger partial charge in [-0.3, -0.25) is 9.59 Å².